The van der Waals surface area contributed by atoms with Gasteiger partial charge in [0.15, 0.2) is 12.4 Å². The highest BCUT2D eigenvalue weighted by Gasteiger charge is 2.22. The van der Waals surface area contributed by atoms with E-state index in [0.29, 0.717) is 22.2 Å². The number of furan rings is 1. The molecule has 3 aromatic carbocycles. The van der Waals surface area contributed by atoms with Gasteiger partial charge in [0.05, 0.1) is 11.1 Å². The largest absolute Gasteiger partial charge is 0.486 e. The van der Waals surface area contributed by atoms with Crippen molar-refractivity contribution in [1.82, 2.24) is 9.99 Å². The highest BCUT2D eigenvalue weighted by atomic mass is 35.5. The number of benzene rings is 3. The van der Waals surface area contributed by atoms with Crippen molar-refractivity contribution < 1.29 is 28.4 Å². The third kappa shape index (κ3) is 8.37. The van der Waals surface area contributed by atoms with Gasteiger partial charge < -0.3 is 23.8 Å². The fraction of sp³-hybridized carbons (Fsp3) is 0.121. The number of nitro benzene ring substituents is 1. The Hall–Kier alpha value is -5.59. The minimum absolute atomic E-state index is 0.0164. The number of hydrazone groups is 1. The lowest BCUT2D eigenvalue weighted by atomic mass is 10.2. The van der Waals surface area contributed by atoms with Gasteiger partial charge in [-0.25, -0.2) is 5.43 Å². The van der Waals surface area contributed by atoms with Crippen LogP contribution in [0, 0.1) is 24.0 Å². The minimum atomic E-state index is -0.709. The van der Waals surface area contributed by atoms with Gasteiger partial charge >= 0.3 is 11.6 Å². The lowest BCUT2D eigenvalue weighted by Gasteiger charge is -2.11. The van der Waals surface area contributed by atoms with Crippen molar-refractivity contribution in [2.45, 2.75) is 20.5 Å². The van der Waals surface area contributed by atoms with Crippen LogP contribution in [-0.4, -0.2) is 34.1 Å². The number of amides is 2. The zero-order chi connectivity index (χ0) is 33.5. The SMILES string of the molecule is Cc1ccc(C)n1-c1ccc(OCc2ccc(C(=O)N/N=C/c3cc(Cl)cc([N+](=O)[O-])c3OCC(=O)Nc3ccc(Cl)cc3)o2)cc1. The number of nitrogens with one attached hydrogen (secondary N) is 2. The van der Waals surface area contributed by atoms with Crippen LogP contribution in [-0.2, 0) is 11.4 Å². The second-order valence-corrected chi connectivity index (χ2v) is 11.0. The summed E-state index contributed by atoms with van der Waals surface area (Å²) in [6, 6.07) is 23.6. The summed E-state index contributed by atoms with van der Waals surface area (Å²) in [5.74, 6) is -0.549. The number of aromatic nitrogens is 1. The molecule has 2 N–H and O–H groups in total. The number of carbonyl (C=O) groups excluding carboxylic acids is 2. The number of hydrogen-bond donors (Lipinski definition) is 2. The summed E-state index contributed by atoms with van der Waals surface area (Å²) in [4.78, 5) is 36.1. The van der Waals surface area contributed by atoms with E-state index in [-0.39, 0.29) is 28.7 Å². The number of carbonyl (C=O) groups is 2. The van der Waals surface area contributed by atoms with E-state index in [1.807, 2.05) is 38.1 Å². The van der Waals surface area contributed by atoms with Gasteiger partial charge in [-0.2, -0.15) is 5.10 Å². The Bertz CT molecular complexity index is 1930. The molecule has 0 atom stereocenters. The number of hydrogen-bond acceptors (Lipinski definition) is 8. The maximum Gasteiger partial charge on any atom is 0.313 e. The first-order valence-corrected chi connectivity index (χ1v) is 14.8. The number of halogens is 2. The predicted molar refractivity (Wildman–Crippen MR) is 177 cm³/mol. The highest BCUT2D eigenvalue weighted by molar-refractivity contribution is 6.31. The number of aryl methyl sites for hydroxylation is 2. The van der Waals surface area contributed by atoms with Gasteiger partial charge in [0.25, 0.3) is 5.91 Å². The summed E-state index contributed by atoms with van der Waals surface area (Å²) in [7, 11) is 0. The standard InChI is InChI=1S/C33H27Cl2N5O7/c1-20-3-4-21(2)39(20)26-9-11-27(12-10-26)45-18-28-13-14-30(47-28)33(42)38-36-17-22-15-24(35)16-29(40(43)44)32(22)46-19-31(41)37-25-7-5-23(34)6-8-25/h3-17H,18-19H2,1-2H3,(H,37,41)(H,38,42)/b36-17+. The first-order valence-electron chi connectivity index (χ1n) is 14.0. The summed E-state index contributed by atoms with van der Waals surface area (Å²) >= 11 is 11.9. The molecular formula is C33H27Cl2N5O7. The van der Waals surface area contributed by atoms with Crippen LogP contribution in [0.3, 0.4) is 0 Å². The molecule has 0 aliphatic heterocycles. The van der Waals surface area contributed by atoms with E-state index in [2.05, 4.69) is 32.5 Å². The smallest absolute Gasteiger partial charge is 0.313 e. The van der Waals surface area contributed by atoms with E-state index >= 15 is 0 Å². The van der Waals surface area contributed by atoms with Crippen LogP contribution in [0.4, 0.5) is 11.4 Å². The molecule has 0 fully saturated rings. The zero-order valence-electron chi connectivity index (χ0n) is 25.0. The summed E-state index contributed by atoms with van der Waals surface area (Å²) in [6.07, 6.45) is 1.11. The molecule has 14 heteroatoms. The van der Waals surface area contributed by atoms with E-state index in [1.54, 1.807) is 30.3 Å². The molecule has 0 saturated carbocycles. The van der Waals surface area contributed by atoms with Crippen LogP contribution in [0.2, 0.25) is 10.0 Å². The second kappa shape index (κ2) is 14.7. The Morgan fingerprint density at radius 3 is 2.32 bits per heavy atom. The number of ether oxygens (including phenoxy) is 2. The Balaban J connectivity index is 1.19. The van der Waals surface area contributed by atoms with Crippen LogP contribution in [0.5, 0.6) is 11.5 Å². The molecule has 2 heterocycles. The van der Waals surface area contributed by atoms with E-state index in [1.165, 1.54) is 12.1 Å². The first kappa shape index (κ1) is 32.8. The van der Waals surface area contributed by atoms with E-state index in [4.69, 9.17) is 37.1 Å². The molecule has 0 aliphatic carbocycles. The van der Waals surface area contributed by atoms with Crippen molar-refractivity contribution in [3.8, 4) is 17.2 Å². The minimum Gasteiger partial charge on any atom is -0.486 e. The molecule has 2 amide bonds. The Labute approximate surface area is 278 Å². The van der Waals surface area contributed by atoms with Crippen LogP contribution >= 0.6 is 23.2 Å². The summed E-state index contributed by atoms with van der Waals surface area (Å²) < 4.78 is 19.0. The number of anilines is 1. The molecule has 0 radical (unpaired) electrons. The molecule has 0 spiro atoms. The van der Waals surface area contributed by atoms with Gasteiger partial charge in [-0.3, -0.25) is 19.7 Å². The van der Waals surface area contributed by atoms with Crippen LogP contribution in [0.15, 0.2) is 94.4 Å². The fourth-order valence-electron chi connectivity index (χ4n) is 4.57. The maximum atomic E-state index is 12.7. The Kier molecular flexibility index (Phi) is 10.2. The summed E-state index contributed by atoms with van der Waals surface area (Å²) in [6.45, 7) is 3.59. The van der Waals surface area contributed by atoms with Crippen molar-refractivity contribution in [3.05, 3.63) is 134 Å². The van der Waals surface area contributed by atoms with Gasteiger partial charge in [-0.05, 0) is 92.7 Å². The molecule has 0 unspecified atom stereocenters. The molecule has 47 heavy (non-hydrogen) atoms. The molecule has 0 saturated heterocycles. The highest BCUT2D eigenvalue weighted by Crippen LogP contribution is 2.34. The maximum absolute atomic E-state index is 12.7. The van der Waals surface area contributed by atoms with Gasteiger partial charge in [0.1, 0.15) is 18.1 Å². The predicted octanol–water partition coefficient (Wildman–Crippen LogP) is 7.26. The molecule has 5 rings (SSSR count). The summed E-state index contributed by atoms with van der Waals surface area (Å²) in [5.41, 5.74) is 5.57. The van der Waals surface area contributed by atoms with Crippen molar-refractivity contribution in [2.24, 2.45) is 5.10 Å². The fourth-order valence-corrected chi connectivity index (χ4v) is 4.92. The molecule has 12 nitrogen and oxygen atoms in total. The Morgan fingerprint density at radius 2 is 1.64 bits per heavy atom. The zero-order valence-corrected chi connectivity index (χ0v) is 26.5. The van der Waals surface area contributed by atoms with Gasteiger partial charge in [-0.1, -0.05) is 23.2 Å². The second-order valence-electron chi connectivity index (χ2n) is 10.1. The third-order valence-corrected chi connectivity index (χ3v) is 7.21. The summed E-state index contributed by atoms with van der Waals surface area (Å²) in [5, 5.41) is 18.7. The van der Waals surface area contributed by atoms with Gasteiger partial charge in [0.2, 0.25) is 5.75 Å². The molecule has 2 aromatic heterocycles. The van der Waals surface area contributed by atoms with Crippen LogP contribution < -0.4 is 20.2 Å². The van der Waals surface area contributed by atoms with Crippen molar-refractivity contribution in [3.63, 3.8) is 0 Å². The van der Waals surface area contributed by atoms with Crippen LogP contribution in [0.1, 0.15) is 33.3 Å². The monoisotopic (exact) mass is 675 g/mol. The number of nitrogens with zero attached hydrogens (tertiary/aromatic N) is 3. The van der Waals surface area contributed by atoms with Crippen molar-refractivity contribution >= 4 is 52.6 Å². The van der Waals surface area contributed by atoms with Crippen molar-refractivity contribution in [1.29, 1.82) is 0 Å². The average Bonchev–Trinajstić information content (AvgIpc) is 3.66. The van der Waals surface area contributed by atoms with Crippen LogP contribution in [0.25, 0.3) is 5.69 Å². The van der Waals surface area contributed by atoms with Gasteiger partial charge in [0, 0.05) is 44.4 Å². The molecule has 240 valence electrons. The lowest BCUT2D eigenvalue weighted by molar-refractivity contribution is -0.385. The average molecular weight is 677 g/mol. The quantitative estimate of drug-likeness (QED) is 0.0802. The van der Waals surface area contributed by atoms with E-state index in [0.717, 1.165) is 29.4 Å². The molecule has 0 aliphatic rings. The Morgan fingerprint density at radius 1 is 0.936 bits per heavy atom. The number of nitro groups is 1. The van der Waals surface area contributed by atoms with Crippen molar-refractivity contribution in [2.75, 3.05) is 11.9 Å². The van der Waals surface area contributed by atoms with E-state index in [9.17, 15) is 19.7 Å². The van der Waals surface area contributed by atoms with E-state index < -0.39 is 29.0 Å². The first-order chi connectivity index (χ1) is 22.6. The topological polar surface area (TPSA) is 150 Å². The number of rotatable bonds is 12. The third-order valence-electron chi connectivity index (χ3n) is 6.74. The van der Waals surface area contributed by atoms with Gasteiger partial charge in [-0.15, -0.1) is 0 Å². The molecule has 5 aromatic rings. The molecule has 0 bridgehead atoms. The normalized spacial score (nSPS) is 11.0. The lowest BCUT2D eigenvalue weighted by Crippen LogP contribution is -2.21. The molecular weight excluding hydrogens is 649 g/mol.